The van der Waals surface area contributed by atoms with Crippen LogP contribution in [0.25, 0.3) is 22.2 Å². The van der Waals surface area contributed by atoms with E-state index in [9.17, 15) is 0 Å². The molecule has 0 amide bonds. The fourth-order valence-corrected chi connectivity index (χ4v) is 2.00. The molecule has 18 heavy (non-hydrogen) atoms. The molecule has 2 aromatic heterocycles. The number of fused-ring (bicyclic) bond motifs is 1. The summed E-state index contributed by atoms with van der Waals surface area (Å²) in [6.07, 6.45) is 1.69. The minimum Gasteiger partial charge on any atom is -0.438 e. The quantitative estimate of drug-likeness (QED) is 0.723. The molecule has 1 aromatic carbocycles. The third-order valence-corrected chi connectivity index (χ3v) is 2.90. The molecule has 1 N–H and O–H groups in total. The van der Waals surface area contributed by atoms with E-state index in [4.69, 9.17) is 21.4 Å². The number of rotatable bonds is 1. The van der Waals surface area contributed by atoms with Gasteiger partial charge in [-0.15, -0.1) is 0 Å². The molecule has 3 nitrogen and oxygen atoms in total. The molecule has 4 heteroatoms. The van der Waals surface area contributed by atoms with E-state index >= 15 is 0 Å². The molecule has 88 valence electrons. The number of nitrogens with zero attached hydrogens (tertiary/aromatic N) is 1. The van der Waals surface area contributed by atoms with Gasteiger partial charge in [0.2, 0.25) is 5.55 Å². The monoisotopic (exact) mass is 256 g/mol. The largest absolute Gasteiger partial charge is 0.438 e. The minimum atomic E-state index is 0.100. The summed E-state index contributed by atoms with van der Waals surface area (Å²) in [5.74, 6) is 0. The predicted molar refractivity (Wildman–Crippen MR) is 70.3 cm³/mol. The fourth-order valence-electron chi connectivity index (χ4n) is 1.82. The molecule has 0 aliphatic carbocycles. The maximum Gasteiger partial charge on any atom is 0.221 e. The molecule has 0 atom stereocenters. The van der Waals surface area contributed by atoms with Crippen molar-refractivity contribution in [1.82, 2.24) is 4.98 Å². The van der Waals surface area contributed by atoms with E-state index in [1.165, 1.54) is 0 Å². The van der Waals surface area contributed by atoms with E-state index in [0.29, 0.717) is 21.9 Å². The zero-order valence-corrected chi connectivity index (χ0v) is 10.1. The van der Waals surface area contributed by atoms with Crippen LogP contribution < -0.4 is 5.55 Å². The van der Waals surface area contributed by atoms with Gasteiger partial charge in [0.25, 0.3) is 0 Å². The second-order valence-electron chi connectivity index (χ2n) is 3.89. The van der Waals surface area contributed by atoms with Crippen molar-refractivity contribution in [1.29, 1.82) is 5.41 Å². The maximum atomic E-state index is 7.90. The van der Waals surface area contributed by atoms with E-state index in [1.54, 1.807) is 18.3 Å². The van der Waals surface area contributed by atoms with Crippen molar-refractivity contribution in [3.05, 3.63) is 59.2 Å². The summed E-state index contributed by atoms with van der Waals surface area (Å²) in [5.41, 5.74) is 2.12. The molecule has 0 aliphatic rings. The summed E-state index contributed by atoms with van der Waals surface area (Å²) in [6, 6.07) is 12.7. The van der Waals surface area contributed by atoms with Crippen LogP contribution in [0.5, 0.6) is 0 Å². The van der Waals surface area contributed by atoms with Crippen LogP contribution >= 0.6 is 11.6 Å². The topological polar surface area (TPSA) is 49.9 Å². The molecule has 0 radical (unpaired) electrons. The number of halogens is 1. The van der Waals surface area contributed by atoms with E-state index in [2.05, 4.69) is 4.98 Å². The summed E-state index contributed by atoms with van der Waals surface area (Å²) in [6.45, 7) is 0. The van der Waals surface area contributed by atoms with Gasteiger partial charge in [-0.2, -0.15) is 0 Å². The van der Waals surface area contributed by atoms with Crippen LogP contribution in [0.15, 0.2) is 53.1 Å². The predicted octanol–water partition coefficient (Wildman–Crippen LogP) is 3.63. The average Bonchev–Trinajstić information content (AvgIpc) is 2.39. The molecule has 3 rings (SSSR count). The first-order valence-electron chi connectivity index (χ1n) is 5.43. The van der Waals surface area contributed by atoms with Crippen molar-refractivity contribution >= 4 is 22.6 Å². The smallest absolute Gasteiger partial charge is 0.221 e. The molecule has 0 saturated heterocycles. The lowest BCUT2D eigenvalue weighted by atomic mass is 10.1. The Hall–Kier alpha value is -2.13. The van der Waals surface area contributed by atoms with Gasteiger partial charge in [0.1, 0.15) is 5.58 Å². The molecular weight excluding hydrogens is 248 g/mol. The summed E-state index contributed by atoms with van der Waals surface area (Å²) < 4.78 is 5.47. The maximum absolute atomic E-state index is 7.90. The molecule has 2 heterocycles. The van der Waals surface area contributed by atoms with Gasteiger partial charge in [0.05, 0.1) is 11.3 Å². The lowest BCUT2D eigenvalue weighted by molar-refractivity contribution is 0.535. The number of nitrogens with one attached hydrogen (secondary N) is 1. The van der Waals surface area contributed by atoms with E-state index in [0.717, 1.165) is 5.39 Å². The normalized spacial score (nSPS) is 10.7. The Bertz CT molecular complexity index is 766. The van der Waals surface area contributed by atoms with Crippen LogP contribution in [-0.2, 0) is 0 Å². The summed E-state index contributed by atoms with van der Waals surface area (Å²) in [7, 11) is 0. The summed E-state index contributed by atoms with van der Waals surface area (Å²) in [5, 5.41) is 9.41. The lowest BCUT2D eigenvalue weighted by Gasteiger charge is -2.03. The number of pyridine rings is 1. The first-order chi connectivity index (χ1) is 8.74. The van der Waals surface area contributed by atoms with Crippen LogP contribution in [0.2, 0.25) is 5.02 Å². The SMILES string of the molecule is N=c1oc2ccc(Cl)cc2cc1-c1ccccn1. The lowest BCUT2D eigenvalue weighted by Crippen LogP contribution is -2.03. The van der Waals surface area contributed by atoms with Gasteiger partial charge in [0.15, 0.2) is 0 Å². The summed E-state index contributed by atoms with van der Waals surface area (Å²) >= 11 is 5.95. The Morgan fingerprint density at radius 2 is 2.00 bits per heavy atom. The van der Waals surface area contributed by atoms with Crippen LogP contribution in [0.3, 0.4) is 0 Å². The molecule has 0 bridgehead atoms. The van der Waals surface area contributed by atoms with Crippen LogP contribution in [-0.4, -0.2) is 4.98 Å². The highest BCUT2D eigenvalue weighted by Crippen LogP contribution is 2.22. The van der Waals surface area contributed by atoms with Gasteiger partial charge in [-0.3, -0.25) is 10.4 Å². The van der Waals surface area contributed by atoms with Gasteiger partial charge in [0, 0.05) is 16.6 Å². The number of hydrogen-bond acceptors (Lipinski definition) is 3. The Morgan fingerprint density at radius 3 is 2.78 bits per heavy atom. The first-order valence-corrected chi connectivity index (χ1v) is 5.81. The minimum absolute atomic E-state index is 0.100. The zero-order valence-electron chi connectivity index (χ0n) is 9.35. The highest BCUT2D eigenvalue weighted by Gasteiger charge is 2.06. The molecule has 0 fully saturated rings. The fraction of sp³-hybridized carbons (Fsp3) is 0. The number of aromatic nitrogens is 1. The second kappa shape index (κ2) is 4.27. The molecule has 0 aliphatic heterocycles. The molecule has 0 unspecified atom stereocenters. The second-order valence-corrected chi connectivity index (χ2v) is 4.32. The van der Waals surface area contributed by atoms with E-state index < -0.39 is 0 Å². The Balaban J connectivity index is 2.31. The van der Waals surface area contributed by atoms with Gasteiger partial charge in [-0.1, -0.05) is 17.7 Å². The number of benzene rings is 1. The highest BCUT2D eigenvalue weighted by atomic mass is 35.5. The third kappa shape index (κ3) is 1.89. The molecule has 3 aromatic rings. The van der Waals surface area contributed by atoms with Crippen molar-refractivity contribution in [2.45, 2.75) is 0 Å². The summed E-state index contributed by atoms with van der Waals surface area (Å²) in [4.78, 5) is 4.23. The van der Waals surface area contributed by atoms with E-state index in [1.807, 2.05) is 30.3 Å². The third-order valence-electron chi connectivity index (χ3n) is 2.67. The molecule has 0 saturated carbocycles. The zero-order chi connectivity index (χ0) is 12.5. The number of hydrogen-bond donors (Lipinski definition) is 1. The van der Waals surface area contributed by atoms with Crippen molar-refractivity contribution < 1.29 is 4.42 Å². The van der Waals surface area contributed by atoms with Crippen LogP contribution in [0, 0.1) is 5.41 Å². The van der Waals surface area contributed by atoms with Crippen molar-refractivity contribution in [2.24, 2.45) is 0 Å². The first kappa shape index (κ1) is 11.0. The van der Waals surface area contributed by atoms with Crippen molar-refractivity contribution in [3.8, 4) is 11.3 Å². The average molecular weight is 257 g/mol. The molecule has 0 spiro atoms. The van der Waals surface area contributed by atoms with E-state index in [-0.39, 0.29) is 5.55 Å². The highest BCUT2D eigenvalue weighted by molar-refractivity contribution is 6.31. The standard InChI is InChI=1S/C14H9ClN2O/c15-10-4-5-13-9(7-10)8-11(14(16)18-13)12-3-1-2-6-17-12/h1-8,16H. The van der Waals surface area contributed by atoms with Gasteiger partial charge < -0.3 is 4.42 Å². The Labute approximate surface area is 108 Å². The Morgan fingerprint density at radius 1 is 1.11 bits per heavy atom. The van der Waals surface area contributed by atoms with Gasteiger partial charge in [-0.25, -0.2) is 0 Å². The Kier molecular flexibility index (Phi) is 2.61. The molecular formula is C14H9ClN2O. The van der Waals surface area contributed by atoms with Crippen LogP contribution in [0.4, 0.5) is 0 Å². The van der Waals surface area contributed by atoms with Crippen molar-refractivity contribution in [3.63, 3.8) is 0 Å². The van der Waals surface area contributed by atoms with Gasteiger partial charge >= 0.3 is 0 Å². The van der Waals surface area contributed by atoms with Crippen molar-refractivity contribution in [2.75, 3.05) is 0 Å². The van der Waals surface area contributed by atoms with Gasteiger partial charge in [-0.05, 0) is 36.4 Å². The van der Waals surface area contributed by atoms with Crippen LogP contribution in [0.1, 0.15) is 0 Å².